The van der Waals surface area contributed by atoms with Crippen LogP contribution in [0.1, 0.15) is 24.0 Å². The van der Waals surface area contributed by atoms with E-state index in [2.05, 4.69) is 10.3 Å². The fourth-order valence-corrected chi connectivity index (χ4v) is 1.44. The molecule has 0 amide bonds. The highest BCUT2D eigenvalue weighted by Crippen LogP contribution is 2.22. The van der Waals surface area contributed by atoms with E-state index in [4.69, 9.17) is 22.0 Å². The lowest BCUT2D eigenvalue weighted by atomic mass is 10.1. The molecule has 17 heavy (non-hydrogen) atoms. The lowest BCUT2D eigenvalue weighted by Crippen LogP contribution is -2.08. The molecule has 0 aromatic carbocycles. The minimum absolute atomic E-state index is 0.0848. The molecule has 6 heteroatoms. The predicted molar refractivity (Wildman–Crippen MR) is 64.1 cm³/mol. The Kier molecular flexibility index (Phi) is 4.73. The Balaban J connectivity index is 2.69. The van der Waals surface area contributed by atoms with Gasteiger partial charge in [-0.2, -0.15) is 5.26 Å². The van der Waals surface area contributed by atoms with E-state index >= 15 is 0 Å². The van der Waals surface area contributed by atoms with Crippen molar-refractivity contribution in [2.75, 3.05) is 11.9 Å². The maximum atomic E-state index is 10.3. The molecular weight excluding hydrogens is 242 g/mol. The van der Waals surface area contributed by atoms with Gasteiger partial charge in [0.2, 0.25) is 0 Å². The monoisotopic (exact) mass is 253 g/mol. The summed E-state index contributed by atoms with van der Waals surface area (Å²) in [6.07, 6.45) is 2.03. The zero-order chi connectivity index (χ0) is 12.8. The third kappa shape index (κ3) is 3.61. The molecule has 0 aliphatic carbocycles. The van der Waals surface area contributed by atoms with Gasteiger partial charge >= 0.3 is 5.97 Å². The fraction of sp³-hybridized carbons (Fsp3) is 0.364. The molecule has 0 aliphatic heterocycles. The topological polar surface area (TPSA) is 86.0 Å². The average molecular weight is 254 g/mol. The Labute approximate surface area is 104 Å². The van der Waals surface area contributed by atoms with Crippen LogP contribution in [0.3, 0.4) is 0 Å². The number of hydrogen-bond acceptors (Lipinski definition) is 4. The number of nitriles is 1. The van der Waals surface area contributed by atoms with Crippen LogP contribution in [0.5, 0.6) is 0 Å². The Morgan fingerprint density at radius 1 is 1.71 bits per heavy atom. The normalized spacial score (nSPS) is 9.71. The van der Waals surface area contributed by atoms with E-state index in [0.717, 1.165) is 0 Å². The van der Waals surface area contributed by atoms with Crippen molar-refractivity contribution in [2.24, 2.45) is 0 Å². The Morgan fingerprint density at radius 2 is 2.41 bits per heavy atom. The molecule has 0 radical (unpaired) electrons. The second kappa shape index (κ2) is 6.06. The van der Waals surface area contributed by atoms with Gasteiger partial charge in [-0.1, -0.05) is 11.6 Å². The van der Waals surface area contributed by atoms with Crippen molar-refractivity contribution in [1.82, 2.24) is 4.98 Å². The largest absolute Gasteiger partial charge is 0.481 e. The molecule has 0 saturated carbocycles. The third-order valence-corrected chi connectivity index (χ3v) is 2.63. The SMILES string of the molecule is Cc1c(Cl)cnc(NCCCC(=O)O)c1C#N. The fourth-order valence-electron chi connectivity index (χ4n) is 1.30. The smallest absolute Gasteiger partial charge is 0.303 e. The number of nitrogens with one attached hydrogen (secondary N) is 1. The summed E-state index contributed by atoms with van der Waals surface area (Å²) in [4.78, 5) is 14.3. The van der Waals surface area contributed by atoms with Crippen molar-refractivity contribution in [3.8, 4) is 6.07 Å². The highest BCUT2D eigenvalue weighted by molar-refractivity contribution is 6.31. The van der Waals surface area contributed by atoms with Crippen molar-refractivity contribution >= 4 is 23.4 Å². The van der Waals surface area contributed by atoms with E-state index in [-0.39, 0.29) is 6.42 Å². The number of pyridine rings is 1. The van der Waals surface area contributed by atoms with E-state index in [1.807, 2.05) is 6.07 Å². The summed E-state index contributed by atoms with van der Waals surface area (Å²) < 4.78 is 0. The zero-order valence-corrected chi connectivity index (χ0v) is 10.1. The summed E-state index contributed by atoms with van der Waals surface area (Å²) in [7, 11) is 0. The molecule has 1 aromatic rings. The first kappa shape index (κ1) is 13.3. The minimum atomic E-state index is -0.840. The first-order chi connectivity index (χ1) is 8.06. The molecule has 5 nitrogen and oxygen atoms in total. The van der Waals surface area contributed by atoms with Gasteiger partial charge in [-0.25, -0.2) is 4.98 Å². The van der Waals surface area contributed by atoms with Crippen LogP contribution < -0.4 is 5.32 Å². The maximum Gasteiger partial charge on any atom is 0.303 e. The Hall–Kier alpha value is -1.80. The number of carboxylic acid groups (broad SMARTS) is 1. The molecule has 1 aromatic heterocycles. The van der Waals surface area contributed by atoms with E-state index < -0.39 is 5.97 Å². The van der Waals surface area contributed by atoms with Crippen LogP contribution in [-0.2, 0) is 4.79 Å². The van der Waals surface area contributed by atoms with Crippen LogP contribution in [-0.4, -0.2) is 22.6 Å². The Bertz CT molecular complexity index is 469. The standard InChI is InChI=1S/C11H12ClN3O2/c1-7-8(5-13)11(15-6-9(7)12)14-4-2-3-10(16)17/h6H,2-4H2,1H3,(H,14,15)(H,16,17). The molecule has 90 valence electrons. The second-order valence-electron chi connectivity index (χ2n) is 3.49. The van der Waals surface area contributed by atoms with Crippen molar-refractivity contribution in [3.05, 3.63) is 22.3 Å². The van der Waals surface area contributed by atoms with Crippen LogP contribution in [0.4, 0.5) is 5.82 Å². The van der Waals surface area contributed by atoms with Gasteiger partial charge in [0.25, 0.3) is 0 Å². The van der Waals surface area contributed by atoms with E-state index in [9.17, 15) is 4.79 Å². The average Bonchev–Trinajstić information content (AvgIpc) is 2.29. The number of carboxylic acids is 1. The first-order valence-electron chi connectivity index (χ1n) is 5.07. The van der Waals surface area contributed by atoms with Crippen LogP contribution in [0.2, 0.25) is 5.02 Å². The van der Waals surface area contributed by atoms with Gasteiger partial charge in [0.15, 0.2) is 0 Å². The first-order valence-corrected chi connectivity index (χ1v) is 5.45. The highest BCUT2D eigenvalue weighted by Gasteiger charge is 2.09. The molecule has 0 unspecified atom stereocenters. The van der Waals surface area contributed by atoms with Gasteiger partial charge in [0.05, 0.1) is 10.6 Å². The van der Waals surface area contributed by atoms with Crippen molar-refractivity contribution in [3.63, 3.8) is 0 Å². The van der Waals surface area contributed by atoms with Gasteiger partial charge in [-0.3, -0.25) is 4.79 Å². The van der Waals surface area contributed by atoms with Gasteiger partial charge in [-0.15, -0.1) is 0 Å². The number of anilines is 1. The molecule has 1 rings (SSSR count). The summed E-state index contributed by atoms with van der Waals surface area (Å²) in [5, 5.41) is 20.8. The quantitative estimate of drug-likeness (QED) is 0.786. The number of hydrogen-bond donors (Lipinski definition) is 2. The van der Waals surface area contributed by atoms with Crippen LogP contribution >= 0.6 is 11.6 Å². The van der Waals surface area contributed by atoms with Gasteiger partial charge in [-0.05, 0) is 18.9 Å². The molecule has 0 aliphatic rings. The van der Waals surface area contributed by atoms with Crippen molar-refractivity contribution in [2.45, 2.75) is 19.8 Å². The lowest BCUT2D eigenvalue weighted by Gasteiger charge is -2.09. The van der Waals surface area contributed by atoms with Crippen LogP contribution in [0, 0.1) is 18.3 Å². The lowest BCUT2D eigenvalue weighted by molar-refractivity contribution is -0.137. The summed E-state index contributed by atoms with van der Waals surface area (Å²) in [5.41, 5.74) is 1.07. The number of aromatic nitrogens is 1. The molecule has 0 bridgehead atoms. The maximum absolute atomic E-state index is 10.3. The van der Waals surface area contributed by atoms with Crippen LogP contribution in [0.25, 0.3) is 0 Å². The molecule has 0 atom stereocenters. The number of carbonyl (C=O) groups is 1. The number of aliphatic carboxylic acids is 1. The van der Waals surface area contributed by atoms with Crippen molar-refractivity contribution in [1.29, 1.82) is 5.26 Å². The summed E-state index contributed by atoms with van der Waals surface area (Å²) in [5.74, 6) is -0.396. The second-order valence-corrected chi connectivity index (χ2v) is 3.90. The van der Waals surface area contributed by atoms with Gasteiger partial charge < -0.3 is 10.4 Å². The van der Waals surface area contributed by atoms with E-state index in [1.54, 1.807) is 6.92 Å². The summed E-state index contributed by atoms with van der Waals surface area (Å²) in [6, 6.07) is 2.03. The molecule has 0 spiro atoms. The molecule has 0 fully saturated rings. The molecule has 2 N–H and O–H groups in total. The van der Waals surface area contributed by atoms with E-state index in [1.165, 1.54) is 6.20 Å². The highest BCUT2D eigenvalue weighted by atomic mass is 35.5. The number of rotatable bonds is 5. The minimum Gasteiger partial charge on any atom is -0.481 e. The molecule has 0 saturated heterocycles. The Morgan fingerprint density at radius 3 is 3.00 bits per heavy atom. The zero-order valence-electron chi connectivity index (χ0n) is 9.33. The van der Waals surface area contributed by atoms with Crippen LogP contribution in [0.15, 0.2) is 6.20 Å². The van der Waals surface area contributed by atoms with Gasteiger partial charge in [0, 0.05) is 19.2 Å². The van der Waals surface area contributed by atoms with E-state index in [0.29, 0.717) is 34.9 Å². The number of halogens is 1. The number of nitrogens with zero attached hydrogens (tertiary/aromatic N) is 2. The summed E-state index contributed by atoms with van der Waals surface area (Å²) >= 11 is 5.85. The molecular formula is C11H12ClN3O2. The third-order valence-electron chi connectivity index (χ3n) is 2.25. The summed E-state index contributed by atoms with van der Waals surface area (Å²) in [6.45, 7) is 2.19. The predicted octanol–water partition coefficient (Wildman–Crippen LogP) is 2.19. The van der Waals surface area contributed by atoms with Gasteiger partial charge in [0.1, 0.15) is 11.9 Å². The molecule has 1 heterocycles. The van der Waals surface area contributed by atoms with Crippen molar-refractivity contribution < 1.29 is 9.90 Å².